The first-order valence-corrected chi connectivity index (χ1v) is 5.66. The molecule has 2 aromatic rings. The molecule has 18 heavy (non-hydrogen) atoms. The van der Waals surface area contributed by atoms with E-state index in [0.717, 1.165) is 0 Å². The van der Waals surface area contributed by atoms with Crippen LogP contribution in [0.15, 0.2) is 24.7 Å². The topological polar surface area (TPSA) is 76.0 Å². The molecule has 0 aromatic carbocycles. The Morgan fingerprint density at radius 2 is 2.06 bits per heavy atom. The zero-order chi connectivity index (χ0) is 13.1. The van der Waals surface area contributed by atoms with Gasteiger partial charge in [-0.25, -0.2) is 9.97 Å². The van der Waals surface area contributed by atoms with Crippen molar-refractivity contribution in [1.29, 1.82) is 0 Å². The highest BCUT2D eigenvalue weighted by molar-refractivity contribution is 6.33. The van der Waals surface area contributed by atoms with Crippen LogP contribution in [-0.2, 0) is 11.2 Å². The van der Waals surface area contributed by atoms with E-state index in [1.165, 1.54) is 18.6 Å². The molecule has 0 atom stereocenters. The molecule has 5 nitrogen and oxygen atoms in total. The molecule has 0 aliphatic rings. The van der Waals surface area contributed by atoms with Crippen LogP contribution in [0, 0.1) is 0 Å². The Balaban J connectivity index is 2.44. The predicted octanol–water partition coefficient (Wildman–Crippen LogP) is 2.47. The zero-order valence-corrected chi connectivity index (χ0v) is 10.5. The fraction of sp³-hybridized carbons (Fsp3) is 0.0909. The van der Waals surface area contributed by atoms with E-state index in [-0.39, 0.29) is 11.7 Å². The van der Waals surface area contributed by atoms with Crippen LogP contribution in [0.25, 0.3) is 11.3 Å². The van der Waals surface area contributed by atoms with Crippen LogP contribution in [0.4, 0.5) is 0 Å². The second kappa shape index (κ2) is 5.29. The van der Waals surface area contributed by atoms with Crippen molar-refractivity contribution in [1.82, 2.24) is 15.0 Å². The van der Waals surface area contributed by atoms with E-state index in [0.29, 0.717) is 21.8 Å². The molecule has 0 unspecified atom stereocenters. The molecule has 0 fully saturated rings. The third-order valence-corrected chi connectivity index (χ3v) is 2.60. The largest absolute Gasteiger partial charge is 0.481 e. The van der Waals surface area contributed by atoms with Crippen molar-refractivity contribution >= 4 is 29.2 Å². The Morgan fingerprint density at radius 1 is 1.28 bits per heavy atom. The van der Waals surface area contributed by atoms with Crippen molar-refractivity contribution in [3.05, 3.63) is 40.5 Å². The predicted molar refractivity (Wildman–Crippen MR) is 66.6 cm³/mol. The maximum Gasteiger partial charge on any atom is 0.307 e. The summed E-state index contributed by atoms with van der Waals surface area (Å²) in [4.78, 5) is 22.3. The van der Waals surface area contributed by atoms with Crippen molar-refractivity contribution in [2.75, 3.05) is 0 Å². The zero-order valence-electron chi connectivity index (χ0n) is 8.97. The van der Waals surface area contributed by atoms with Crippen LogP contribution in [0.3, 0.4) is 0 Å². The van der Waals surface area contributed by atoms with Gasteiger partial charge in [0.1, 0.15) is 0 Å². The number of rotatable bonds is 3. The summed E-state index contributed by atoms with van der Waals surface area (Å²) in [7, 11) is 0. The lowest BCUT2D eigenvalue weighted by Crippen LogP contribution is -2.01. The first kappa shape index (κ1) is 12.7. The van der Waals surface area contributed by atoms with Crippen molar-refractivity contribution < 1.29 is 9.90 Å². The molecule has 0 spiro atoms. The Morgan fingerprint density at radius 3 is 2.78 bits per heavy atom. The van der Waals surface area contributed by atoms with Crippen molar-refractivity contribution in [3.63, 3.8) is 0 Å². The van der Waals surface area contributed by atoms with Gasteiger partial charge in [-0.15, -0.1) is 0 Å². The second-order valence-corrected chi connectivity index (χ2v) is 4.23. The van der Waals surface area contributed by atoms with E-state index in [9.17, 15) is 4.79 Å². The van der Waals surface area contributed by atoms with Crippen molar-refractivity contribution in [2.45, 2.75) is 6.42 Å². The SMILES string of the molecule is O=C(O)Cc1cncc(-c2nc(Cl)ncc2Cl)c1. The molecule has 0 radical (unpaired) electrons. The molecule has 0 aliphatic heterocycles. The van der Waals surface area contributed by atoms with Gasteiger partial charge in [0.2, 0.25) is 5.28 Å². The van der Waals surface area contributed by atoms with Gasteiger partial charge in [0.25, 0.3) is 0 Å². The lowest BCUT2D eigenvalue weighted by Gasteiger charge is -2.04. The quantitative estimate of drug-likeness (QED) is 0.876. The number of hydrogen-bond donors (Lipinski definition) is 1. The Hall–Kier alpha value is -1.72. The van der Waals surface area contributed by atoms with Gasteiger partial charge in [0.15, 0.2) is 0 Å². The molecular formula is C11H7Cl2N3O2. The molecular weight excluding hydrogens is 277 g/mol. The fourth-order valence-electron chi connectivity index (χ4n) is 1.44. The molecule has 0 saturated carbocycles. The van der Waals surface area contributed by atoms with E-state index in [1.54, 1.807) is 6.07 Å². The molecule has 1 N–H and O–H groups in total. The molecule has 0 aliphatic carbocycles. The third-order valence-electron chi connectivity index (χ3n) is 2.14. The first-order chi connectivity index (χ1) is 8.56. The summed E-state index contributed by atoms with van der Waals surface area (Å²) in [5.74, 6) is -0.930. The highest BCUT2D eigenvalue weighted by atomic mass is 35.5. The van der Waals surface area contributed by atoms with Crippen LogP contribution in [-0.4, -0.2) is 26.0 Å². The van der Waals surface area contributed by atoms with Crippen molar-refractivity contribution in [2.24, 2.45) is 0 Å². The number of aromatic nitrogens is 3. The number of pyridine rings is 1. The lowest BCUT2D eigenvalue weighted by molar-refractivity contribution is -0.136. The molecule has 2 heterocycles. The van der Waals surface area contributed by atoms with Crippen LogP contribution in [0.5, 0.6) is 0 Å². The highest BCUT2D eigenvalue weighted by Gasteiger charge is 2.09. The van der Waals surface area contributed by atoms with Gasteiger partial charge >= 0.3 is 5.97 Å². The van der Waals surface area contributed by atoms with Gasteiger partial charge in [0.05, 0.1) is 23.3 Å². The van der Waals surface area contributed by atoms with Crippen LogP contribution < -0.4 is 0 Å². The summed E-state index contributed by atoms with van der Waals surface area (Å²) in [6.45, 7) is 0. The summed E-state index contributed by atoms with van der Waals surface area (Å²) in [6.07, 6.45) is 4.29. The maximum absolute atomic E-state index is 10.6. The fourth-order valence-corrected chi connectivity index (χ4v) is 1.77. The first-order valence-electron chi connectivity index (χ1n) is 4.90. The number of carboxylic acids is 1. The van der Waals surface area contributed by atoms with Crippen LogP contribution >= 0.6 is 23.2 Å². The summed E-state index contributed by atoms with van der Waals surface area (Å²) in [5.41, 5.74) is 1.59. The maximum atomic E-state index is 10.6. The monoisotopic (exact) mass is 283 g/mol. The Kier molecular flexibility index (Phi) is 3.74. The Labute approximate surface area is 112 Å². The number of nitrogens with zero attached hydrogens (tertiary/aromatic N) is 3. The molecule has 2 aromatic heterocycles. The van der Waals surface area contributed by atoms with Gasteiger partial charge in [0, 0.05) is 18.0 Å². The van der Waals surface area contributed by atoms with Gasteiger partial charge in [-0.05, 0) is 23.2 Å². The molecule has 0 amide bonds. The minimum atomic E-state index is -0.930. The number of hydrogen-bond acceptors (Lipinski definition) is 4. The van der Waals surface area contributed by atoms with Crippen molar-refractivity contribution in [3.8, 4) is 11.3 Å². The number of halogens is 2. The van der Waals surface area contributed by atoms with Gasteiger partial charge in [-0.3, -0.25) is 9.78 Å². The number of carboxylic acid groups (broad SMARTS) is 1. The average molecular weight is 284 g/mol. The van der Waals surface area contributed by atoms with Crippen LogP contribution in [0.2, 0.25) is 10.3 Å². The molecule has 7 heteroatoms. The minimum Gasteiger partial charge on any atom is -0.481 e. The molecule has 0 bridgehead atoms. The van der Waals surface area contributed by atoms with E-state index in [1.807, 2.05) is 0 Å². The minimum absolute atomic E-state index is 0.0676. The summed E-state index contributed by atoms with van der Waals surface area (Å²) in [6, 6.07) is 1.66. The summed E-state index contributed by atoms with van der Waals surface area (Å²) < 4.78 is 0. The standard InChI is InChI=1S/C11H7Cl2N3O2/c12-8-5-15-11(13)16-10(8)7-1-6(2-9(17)18)3-14-4-7/h1,3-5H,2H2,(H,17,18). The average Bonchev–Trinajstić information content (AvgIpc) is 2.32. The van der Waals surface area contributed by atoms with E-state index in [2.05, 4.69) is 15.0 Å². The lowest BCUT2D eigenvalue weighted by atomic mass is 10.1. The van der Waals surface area contributed by atoms with Gasteiger partial charge < -0.3 is 5.11 Å². The number of carbonyl (C=O) groups is 1. The normalized spacial score (nSPS) is 10.3. The van der Waals surface area contributed by atoms with E-state index >= 15 is 0 Å². The van der Waals surface area contributed by atoms with Gasteiger partial charge in [-0.1, -0.05) is 11.6 Å². The smallest absolute Gasteiger partial charge is 0.307 e. The molecule has 92 valence electrons. The Bertz CT molecular complexity index is 605. The summed E-state index contributed by atoms with van der Waals surface area (Å²) >= 11 is 11.7. The van der Waals surface area contributed by atoms with Gasteiger partial charge in [-0.2, -0.15) is 0 Å². The number of aliphatic carboxylic acids is 1. The third kappa shape index (κ3) is 2.94. The van der Waals surface area contributed by atoms with E-state index < -0.39 is 5.97 Å². The second-order valence-electron chi connectivity index (χ2n) is 3.49. The summed E-state index contributed by atoms with van der Waals surface area (Å²) in [5, 5.41) is 9.12. The molecule has 2 rings (SSSR count). The highest BCUT2D eigenvalue weighted by Crippen LogP contribution is 2.26. The van der Waals surface area contributed by atoms with Crippen LogP contribution in [0.1, 0.15) is 5.56 Å². The molecule has 0 saturated heterocycles. The van der Waals surface area contributed by atoms with E-state index in [4.69, 9.17) is 28.3 Å².